The van der Waals surface area contributed by atoms with Crippen molar-refractivity contribution in [1.29, 1.82) is 0 Å². The minimum atomic E-state index is -4.55. The molecule has 0 saturated heterocycles. The Morgan fingerprint density at radius 1 is 1.27 bits per heavy atom. The number of primary amides is 1. The molecule has 1 aromatic rings. The first kappa shape index (κ1) is 20.0. The normalized spacial score (nSPS) is 12.0. The summed E-state index contributed by atoms with van der Waals surface area (Å²) in [4.78, 5) is 22.3. The second kappa shape index (κ2) is 7.85. The lowest BCUT2D eigenvalue weighted by atomic mass is 10.1. The van der Waals surface area contributed by atoms with Gasteiger partial charge >= 0.3 is 12.2 Å². The van der Waals surface area contributed by atoms with Gasteiger partial charge in [0.15, 0.2) is 0 Å². The number of amides is 3. The first-order chi connectivity index (χ1) is 9.63. The topological polar surface area (TPSA) is 110 Å². The van der Waals surface area contributed by atoms with E-state index in [-0.39, 0.29) is 30.2 Å². The molecule has 0 spiro atoms. The van der Waals surface area contributed by atoms with E-state index in [2.05, 4.69) is 10.6 Å². The van der Waals surface area contributed by atoms with Crippen molar-refractivity contribution in [3.8, 4) is 0 Å². The second-order valence-electron chi connectivity index (χ2n) is 4.34. The zero-order valence-electron chi connectivity index (χ0n) is 11.5. The van der Waals surface area contributed by atoms with Gasteiger partial charge in [-0.25, -0.2) is 4.79 Å². The molecule has 6 nitrogen and oxygen atoms in total. The van der Waals surface area contributed by atoms with Crippen LogP contribution in [0.4, 0.5) is 23.7 Å². The molecule has 3 amide bonds. The number of alkyl halides is 3. The van der Waals surface area contributed by atoms with Crippen molar-refractivity contribution in [1.82, 2.24) is 5.32 Å². The van der Waals surface area contributed by atoms with E-state index < -0.39 is 29.7 Å². The Kier molecular flexibility index (Phi) is 7.14. The summed E-state index contributed by atoms with van der Waals surface area (Å²) in [6, 6.07) is 1.11. The molecule has 0 bridgehead atoms. The van der Waals surface area contributed by atoms with Gasteiger partial charge in [0.05, 0.1) is 5.56 Å². The van der Waals surface area contributed by atoms with Gasteiger partial charge in [-0.1, -0.05) is 0 Å². The Morgan fingerprint density at radius 3 is 2.32 bits per heavy atom. The van der Waals surface area contributed by atoms with E-state index in [1.165, 1.54) is 13.0 Å². The number of hydrogen-bond acceptors (Lipinski definition) is 3. The highest BCUT2D eigenvalue weighted by Crippen LogP contribution is 2.32. The fraction of sp³-hybridized carbons (Fsp3) is 0.333. The van der Waals surface area contributed by atoms with E-state index in [1.807, 2.05) is 0 Å². The van der Waals surface area contributed by atoms with Crippen LogP contribution in [0.3, 0.4) is 0 Å². The number of benzene rings is 1. The molecule has 124 valence electrons. The van der Waals surface area contributed by atoms with Crippen LogP contribution in [0, 0.1) is 0 Å². The third kappa shape index (κ3) is 5.78. The standard InChI is InChI=1S/C12H15F3N4O2.ClH/c1-6(18-11(17)21)10(20)19-9-3-7(5-16)2-8(4-9)12(13,14)15;/h2-4,6H,5,16H2,1H3,(H,19,20)(H3,17,18,21);1H. The van der Waals surface area contributed by atoms with Crippen LogP contribution < -0.4 is 22.1 Å². The van der Waals surface area contributed by atoms with Crippen molar-refractivity contribution in [2.24, 2.45) is 11.5 Å². The summed E-state index contributed by atoms with van der Waals surface area (Å²) in [7, 11) is 0. The quantitative estimate of drug-likeness (QED) is 0.667. The third-order valence-electron chi connectivity index (χ3n) is 2.58. The molecule has 1 atom stereocenters. The SMILES string of the molecule is CC(NC(N)=O)C(=O)Nc1cc(CN)cc(C(F)(F)F)c1.Cl. The van der Waals surface area contributed by atoms with Crippen LogP contribution in [0.1, 0.15) is 18.1 Å². The molecule has 0 fully saturated rings. The lowest BCUT2D eigenvalue weighted by Crippen LogP contribution is -2.44. The van der Waals surface area contributed by atoms with Gasteiger partial charge in [-0.2, -0.15) is 13.2 Å². The molecule has 0 radical (unpaired) electrons. The lowest BCUT2D eigenvalue weighted by Gasteiger charge is -2.15. The number of nitrogens with two attached hydrogens (primary N) is 2. The Hall–Kier alpha value is -2.00. The number of rotatable bonds is 4. The fourth-order valence-corrected chi connectivity index (χ4v) is 1.58. The first-order valence-electron chi connectivity index (χ1n) is 5.91. The van der Waals surface area contributed by atoms with E-state index in [0.717, 1.165) is 12.1 Å². The average molecular weight is 341 g/mol. The minimum absolute atomic E-state index is 0. The van der Waals surface area contributed by atoms with Gasteiger partial charge in [0.2, 0.25) is 5.91 Å². The number of hydrogen-bond donors (Lipinski definition) is 4. The molecule has 1 aromatic carbocycles. The zero-order valence-corrected chi connectivity index (χ0v) is 12.3. The maximum absolute atomic E-state index is 12.7. The van der Waals surface area contributed by atoms with Crippen molar-refractivity contribution in [2.75, 3.05) is 5.32 Å². The van der Waals surface area contributed by atoms with Crippen molar-refractivity contribution >= 4 is 30.0 Å². The van der Waals surface area contributed by atoms with Crippen LogP contribution >= 0.6 is 12.4 Å². The summed E-state index contributed by atoms with van der Waals surface area (Å²) >= 11 is 0. The molecule has 0 aromatic heterocycles. The smallest absolute Gasteiger partial charge is 0.352 e. The van der Waals surface area contributed by atoms with Crippen LogP contribution in [-0.2, 0) is 17.5 Å². The van der Waals surface area contributed by atoms with Gasteiger partial charge in [0, 0.05) is 12.2 Å². The molecule has 0 aliphatic carbocycles. The van der Waals surface area contributed by atoms with Crippen molar-refractivity contribution in [3.63, 3.8) is 0 Å². The molecule has 1 rings (SSSR count). The summed E-state index contributed by atoms with van der Waals surface area (Å²) in [5.41, 5.74) is 9.43. The van der Waals surface area contributed by atoms with E-state index in [9.17, 15) is 22.8 Å². The molecule has 1 unspecified atom stereocenters. The summed E-state index contributed by atoms with van der Waals surface area (Å²) in [5.74, 6) is -0.698. The number of nitrogens with one attached hydrogen (secondary N) is 2. The van der Waals surface area contributed by atoms with Crippen LogP contribution in [0.25, 0.3) is 0 Å². The van der Waals surface area contributed by atoms with E-state index in [4.69, 9.17) is 11.5 Å². The molecule has 6 N–H and O–H groups in total. The van der Waals surface area contributed by atoms with Gasteiger partial charge in [0.25, 0.3) is 0 Å². The molecule has 0 saturated carbocycles. The van der Waals surface area contributed by atoms with Gasteiger partial charge in [-0.15, -0.1) is 12.4 Å². The maximum Gasteiger partial charge on any atom is 0.416 e. The third-order valence-corrected chi connectivity index (χ3v) is 2.58. The van der Waals surface area contributed by atoms with Gasteiger partial charge in [-0.3, -0.25) is 4.79 Å². The highest BCUT2D eigenvalue weighted by Gasteiger charge is 2.31. The molecule has 0 aliphatic rings. The number of urea groups is 1. The Bertz CT molecular complexity index is 552. The molecule has 0 aliphatic heterocycles. The molecule has 10 heteroatoms. The Balaban J connectivity index is 0.00000441. The van der Waals surface area contributed by atoms with Crippen molar-refractivity contribution in [2.45, 2.75) is 25.7 Å². The number of carbonyl (C=O) groups excluding carboxylic acids is 2. The summed E-state index contributed by atoms with van der Waals surface area (Å²) in [6.45, 7) is 1.24. The largest absolute Gasteiger partial charge is 0.416 e. The Labute approximate surface area is 130 Å². The first-order valence-corrected chi connectivity index (χ1v) is 5.91. The van der Waals surface area contributed by atoms with E-state index >= 15 is 0 Å². The summed E-state index contributed by atoms with van der Waals surface area (Å²) in [6.07, 6.45) is -4.55. The highest BCUT2D eigenvalue weighted by atomic mass is 35.5. The zero-order chi connectivity index (χ0) is 16.2. The number of halogens is 4. The van der Waals surface area contributed by atoms with Crippen LogP contribution in [0.5, 0.6) is 0 Å². The predicted molar refractivity (Wildman–Crippen MR) is 77.4 cm³/mol. The highest BCUT2D eigenvalue weighted by molar-refractivity contribution is 5.96. The summed E-state index contributed by atoms with van der Waals surface area (Å²) in [5, 5.41) is 4.39. The summed E-state index contributed by atoms with van der Waals surface area (Å²) < 4.78 is 38.2. The number of carbonyl (C=O) groups is 2. The monoisotopic (exact) mass is 340 g/mol. The predicted octanol–water partition coefficient (Wildman–Crippen LogP) is 1.58. The molecular formula is C12H16ClF3N4O2. The maximum atomic E-state index is 12.7. The molecule has 22 heavy (non-hydrogen) atoms. The van der Waals surface area contributed by atoms with Gasteiger partial charge in [0.1, 0.15) is 6.04 Å². The van der Waals surface area contributed by atoms with Crippen LogP contribution in [-0.4, -0.2) is 18.0 Å². The van der Waals surface area contributed by atoms with E-state index in [1.54, 1.807) is 0 Å². The second-order valence-corrected chi connectivity index (χ2v) is 4.34. The van der Waals surface area contributed by atoms with Crippen molar-refractivity contribution in [3.05, 3.63) is 29.3 Å². The minimum Gasteiger partial charge on any atom is -0.352 e. The fourth-order valence-electron chi connectivity index (χ4n) is 1.58. The number of anilines is 1. The van der Waals surface area contributed by atoms with E-state index in [0.29, 0.717) is 0 Å². The van der Waals surface area contributed by atoms with Crippen LogP contribution in [0.2, 0.25) is 0 Å². The lowest BCUT2D eigenvalue weighted by molar-refractivity contribution is -0.137. The molecular weight excluding hydrogens is 325 g/mol. The van der Waals surface area contributed by atoms with Crippen LogP contribution in [0.15, 0.2) is 18.2 Å². The van der Waals surface area contributed by atoms with Crippen molar-refractivity contribution < 1.29 is 22.8 Å². The van der Waals surface area contributed by atoms with Gasteiger partial charge in [-0.05, 0) is 30.7 Å². The molecule has 0 heterocycles. The Morgan fingerprint density at radius 2 is 1.86 bits per heavy atom. The average Bonchev–Trinajstić information content (AvgIpc) is 2.36. The van der Waals surface area contributed by atoms with Gasteiger partial charge < -0.3 is 22.1 Å².